The zero-order valence-electron chi connectivity index (χ0n) is 15.3. The van der Waals surface area contributed by atoms with E-state index in [1.165, 1.54) is 31.4 Å². The number of carbonyl (C=O) groups excluding carboxylic acids is 1. The lowest BCUT2D eigenvalue weighted by molar-refractivity contribution is -0.122. The molecule has 1 amide bonds. The third-order valence-corrected chi connectivity index (χ3v) is 5.24. The Morgan fingerprint density at radius 1 is 0.880 bits per heavy atom. The topological polar surface area (TPSA) is 47.6 Å². The molecule has 0 aromatic heterocycles. The lowest BCUT2D eigenvalue weighted by Crippen LogP contribution is -2.47. The predicted molar refractivity (Wildman–Crippen MR) is 101 cm³/mol. The van der Waals surface area contributed by atoms with Crippen LogP contribution in [0, 0.1) is 0 Å². The molecule has 5 heteroatoms. The van der Waals surface area contributed by atoms with Crippen LogP contribution in [0.25, 0.3) is 0 Å². The highest BCUT2D eigenvalue weighted by Crippen LogP contribution is 2.26. The van der Waals surface area contributed by atoms with Crippen molar-refractivity contribution in [3.05, 3.63) is 35.9 Å². The first-order valence-electron chi connectivity index (χ1n) is 9.82. The van der Waals surface area contributed by atoms with Crippen molar-refractivity contribution >= 4 is 5.91 Å². The summed E-state index contributed by atoms with van der Waals surface area (Å²) in [7, 11) is 0. The first-order chi connectivity index (χ1) is 12.3. The van der Waals surface area contributed by atoms with E-state index in [1.807, 2.05) is 6.07 Å². The number of benzene rings is 1. The fourth-order valence-electron chi connectivity index (χ4n) is 3.86. The summed E-state index contributed by atoms with van der Waals surface area (Å²) in [5, 5.41) is 6.59. The molecule has 1 aromatic carbocycles. The highest BCUT2D eigenvalue weighted by molar-refractivity contribution is 5.76. The van der Waals surface area contributed by atoms with Crippen molar-refractivity contribution in [1.82, 2.24) is 20.4 Å². The van der Waals surface area contributed by atoms with Crippen molar-refractivity contribution in [2.45, 2.75) is 38.1 Å². The van der Waals surface area contributed by atoms with Gasteiger partial charge in [-0.05, 0) is 50.9 Å². The van der Waals surface area contributed by atoms with Crippen LogP contribution in [0.3, 0.4) is 0 Å². The summed E-state index contributed by atoms with van der Waals surface area (Å²) < 4.78 is 0. The summed E-state index contributed by atoms with van der Waals surface area (Å²) >= 11 is 0. The first kappa shape index (κ1) is 18.4. The minimum Gasteiger partial charge on any atom is -0.356 e. The first-order valence-corrected chi connectivity index (χ1v) is 9.82. The van der Waals surface area contributed by atoms with E-state index in [9.17, 15) is 4.79 Å². The zero-order chi connectivity index (χ0) is 17.3. The SMILES string of the molecule is O=C1C[C@H](c2ccccc2)N2CCCN(CCCCNCCCN1)C2. The largest absolute Gasteiger partial charge is 0.356 e. The average Bonchev–Trinajstić information content (AvgIpc) is 2.65. The van der Waals surface area contributed by atoms with Crippen LogP contribution in [-0.2, 0) is 4.79 Å². The maximum atomic E-state index is 12.5. The van der Waals surface area contributed by atoms with Gasteiger partial charge in [-0.1, -0.05) is 30.3 Å². The molecule has 2 aliphatic heterocycles. The van der Waals surface area contributed by atoms with Gasteiger partial charge >= 0.3 is 0 Å². The van der Waals surface area contributed by atoms with E-state index in [0.717, 1.165) is 45.8 Å². The van der Waals surface area contributed by atoms with Crippen LogP contribution in [0.4, 0.5) is 0 Å². The quantitative estimate of drug-likeness (QED) is 0.818. The molecule has 3 rings (SSSR count). The van der Waals surface area contributed by atoms with Crippen molar-refractivity contribution in [3.8, 4) is 0 Å². The third-order valence-electron chi connectivity index (χ3n) is 5.24. The van der Waals surface area contributed by atoms with E-state index in [-0.39, 0.29) is 11.9 Å². The summed E-state index contributed by atoms with van der Waals surface area (Å²) in [4.78, 5) is 17.5. The zero-order valence-corrected chi connectivity index (χ0v) is 15.3. The van der Waals surface area contributed by atoms with Gasteiger partial charge in [-0.15, -0.1) is 0 Å². The number of nitrogens with one attached hydrogen (secondary N) is 2. The summed E-state index contributed by atoms with van der Waals surface area (Å²) in [6, 6.07) is 10.7. The summed E-state index contributed by atoms with van der Waals surface area (Å²) in [6.07, 6.45) is 5.20. The smallest absolute Gasteiger partial charge is 0.221 e. The molecule has 25 heavy (non-hydrogen) atoms. The summed E-state index contributed by atoms with van der Waals surface area (Å²) in [5.41, 5.74) is 1.26. The minimum absolute atomic E-state index is 0.167. The molecule has 2 saturated heterocycles. The van der Waals surface area contributed by atoms with E-state index in [1.54, 1.807) is 0 Å². The number of fused-ring (bicyclic) bond motifs is 2. The highest BCUT2D eigenvalue weighted by Gasteiger charge is 2.27. The summed E-state index contributed by atoms with van der Waals surface area (Å²) in [6.45, 7) is 7.21. The second-order valence-corrected chi connectivity index (χ2v) is 7.22. The van der Waals surface area contributed by atoms with E-state index >= 15 is 0 Å². The molecule has 2 unspecified atom stereocenters. The summed E-state index contributed by atoms with van der Waals surface area (Å²) in [5.74, 6) is 0.167. The third kappa shape index (κ3) is 5.80. The minimum atomic E-state index is 0.167. The van der Waals surface area contributed by atoms with Gasteiger partial charge in [0.25, 0.3) is 0 Å². The van der Waals surface area contributed by atoms with Crippen LogP contribution < -0.4 is 10.6 Å². The molecular formula is C20H32N4O. The average molecular weight is 345 g/mol. The molecular weight excluding hydrogens is 312 g/mol. The van der Waals surface area contributed by atoms with Crippen LogP contribution in [-0.4, -0.2) is 61.6 Å². The molecule has 2 aliphatic rings. The molecule has 0 spiro atoms. The van der Waals surface area contributed by atoms with Crippen LogP contribution in [0.15, 0.2) is 30.3 Å². The van der Waals surface area contributed by atoms with Crippen LogP contribution in [0.1, 0.15) is 43.7 Å². The number of hydrogen-bond donors (Lipinski definition) is 2. The van der Waals surface area contributed by atoms with Crippen molar-refractivity contribution in [3.63, 3.8) is 0 Å². The number of carbonyl (C=O) groups is 1. The molecule has 2 N–H and O–H groups in total. The van der Waals surface area contributed by atoms with E-state index in [4.69, 9.17) is 0 Å². The number of hydrogen-bond acceptors (Lipinski definition) is 4. The molecule has 5 nitrogen and oxygen atoms in total. The molecule has 0 radical (unpaired) electrons. The maximum Gasteiger partial charge on any atom is 0.221 e. The fourth-order valence-corrected chi connectivity index (χ4v) is 3.86. The van der Waals surface area contributed by atoms with Crippen LogP contribution >= 0.6 is 0 Å². The lowest BCUT2D eigenvalue weighted by atomic mass is 10.0. The van der Waals surface area contributed by atoms with Crippen molar-refractivity contribution < 1.29 is 4.79 Å². The standard InChI is InChI=1S/C20H32N4O/c25-20-16-19(18-8-2-1-3-9-18)24-15-7-14-23(17-24)13-5-4-10-21-11-6-12-22-20/h1-3,8-9,19,21H,4-7,10-17H2,(H,22,25)/t19-/m1/s1. The number of rotatable bonds is 1. The second-order valence-electron chi connectivity index (χ2n) is 7.22. The molecule has 0 aliphatic carbocycles. The van der Waals surface area contributed by atoms with Gasteiger partial charge < -0.3 is 10.6 Å². The molecule has 1 aromatic rings. The van der Waals surface area contributed by atoms with Crippen molar-refractivity contribution in [1.29, 1.82) is 0 Å². The Morgan fingerprint density at radius 2 is 1.68 bits per heavy atom. The Labute approximate surface area is 151 Å². The second kappa shape index (κ2) is 9.90. The Morgan fingerprint density at radius 3 is 2.56 bits per heavy atom. The van der Waals surface area contributed by atoms with Gasteiger partial charge in [0.2, 0.25) is 5.91 Å². The Balaban J connectivity index is 1.73. The Kier molecular flexibility index (Phi) is 7.27. The Bertz CT molecular complexity index is 522. The van der Waals surface area contributed by atoms with Gasteiger partial charge in [-0.25, -0.2) is 0 Å². The van der Waals surface area contributed by atoms with Crippen LogP contribution in [0.5, 0.6) is 0 Å². The predicted octanol–water partition coefficient (Wildman–Crippen LogP) is 1.97. The fraction of sp³-hybridized carbons (Fsp3) is 0.650. The van der Waals surface area contributed by atoms with E-state index in [2.05, 4.69) is 44.7 Å². The van der Waals surface area contributed by atoms with Gasteiger partial charge in [-0.3, -0.25) is 14.6 Å². The molecule has 2 heterocycles. The van der Waals surface area contributed by atoms with Crippen LogP contribution in [0.2, 0.25) is 0 Å². The molecule has 0 saturated carbocycles. The molecule has 138 valence electrons. The van der Waals surface area contributed by atoms with Gasteiger partial charge in [0.1, 0.15) is 0 Å². The lowest BCUT2D eigenvalue weighted by Gasteiger charge is -2.40. The van der Waals surface area contributed by atoms with Crippen molar-refractivity contribution in [2.24, 2.45) is 0 Å². The molecule has 2 bridgehead atoms. The highest BCUT2D eigenvalue weighted by atomic mass is 16.1. The number of amides is 1. The van der Waals surface area contributed by atoms with E-state index < -0.39 is 0 Å². The monoisotopic (exact) mass is 344 g/mol. The van der Waals surface area contributed by atoms with E-state index in [0.29, 0.717) is 6.42 Å². The number of nitrogens with zero attached hydrogens (tertiary/aromatic N) is 2. The van der Waals surface area contributed by atoms with Gasteiger partial charge in [0.05, 0.1) is 6.67 Å². The van der Waals surface area contributed by atoms with Gasteiger partial charge in [0, 0.05) is 32.1 Å². The molecule has 2 fully saturated rings. The van der Waals surface area contributed by atoms with Crippen molar-refractivity contribution in [2.75, 3.05) is 45.9 Å². The Hall–Kier alpha value is -1.43. The molecule has 3 atom stereocenters. The van der Waals surface area contributed by atoms with Gasteiger partial charge in [0.15, 0.2) is 0 Å². The maximum absolute atomic E-state index is 12.5. The normalized spacial score (nSPS) is 29.9. The van der Waals surface area contributed by atoms with Gasteiger partial charge in [-0.2, -0.15) is 0 Å².